The summed E-state index contributed by atoms with van der Waals surface area (Å²) in [5.74, 6) is -0.232. The van der Waals surface area contributed by atoms with E-state index >= 15 is 0 Å². The van der Waals surface area contributed by atoms with Crippen LogP contribution < -0.4 is 15.5 Å². The van der Waals surface area contributed by atoms with Crippen LogP contribution in [-0.4, -0.2) is 41.5 Å². The summed E-state index contributed by atoms with van der Waals surface area (Å²) in [6.07, 6.45) is 1.02. The Labute approximate surface area is 169 Å². The van der Waals surface area contributed by atoms with Crippen molar-refractivity contribution in [3.8, 4) is 0 Å². The molecule has 2 atom stereocenters. The van der Waals surface area contributed by atoms with Gasteiger partial charge < -0.3 is 15.5 Å². The Balaban J connectivity index is 1.40. The summed E-state index contributed by atoms with van der Waals surface area (Å²) in [5.41, 5.74) is 3.48. The molecule has 0 radical (unpaired) electrons. The average molecular weight is 392 g/mol. The van der Waals surface area contributed by atoms with Crippen molar-refractivity contribution in [1.29, 1.82) is 0 Å². The number of nitrogens with one attached hydrogen (secondary N) is 2. The second-order valence-corrected chi connectivity index (χ2v) is 7.69. The molecule has 2 fully saturated rings. The molecule has 150 valence electrons. The molecule has 0 aromatic heterocycles. The minimum atomic E-state index is -0.540. The summed E-state index contributed by atoms with van der Waals surface area (Å²) in [6.45, 7) is 4.38. The number of fused-ring (bicyclic) bond motifs is 1. The van der Waals surface area contributed by atoms with Crippen LogP contribution in [0.3, 0.4) is 0 Å². The van der Waals surface area contributed by atoms with Gasteiger partial charge in [0.25, 0.3) is 5.91 Å². The van der Waals surface area contributed by atoms with Crippen molar-refractivity contribution in [3.05, 3.63) is 59.7 Å². The SMILES string of the molecule is Cc1ccc(NC(=O)N[C@H]2CCN3C(=O)N(c4ccc(C)cc4)C(=O)[C@@H]3C2)cc1. The number of nitrogens with zero attached hydrogens (tertiary/aromatic N) is 2. The molecule has 2 N–H and O–H groups in total. The van der Waals surface area contributed by atoms with Crippen LogP contribution in [0.15, 0.2) is 48.5 Å². The third-order valence-corrected chi connectivity index (χ3v) is 5.48. The molecule has 2 aliphatic heterocycles. The summed E-state index contributed by atoms with van der Waals surface area (Å²) < 4.78 is 0. The summed E-state index contributed by atoms with van der Waals surface area (Å²) >= 11 is 0. The second kappa shape index (κ2) is 7.58. The van der Waals surface area contributed by atoms with Gasteiger partial charge in [0.05, 0.1) is 5.69 Å². The quantitative estimate of drug-likeness (QED) is 0.786. The number of hydrogen-bond donors (Lipinski definition) is 2. The lowest BCUT2D eigenvalue weighted by molar-refractivity contribution is -0.120. The zero-order valence-electron chi connectivity index (χ0n) is 16.5. The van der Waals surface area contributed by atoms with E-state index in [-0.39, 0.29) is 24.0 Å². The molecule has 5 amide bonds. The minimum absolute atomic E-state index is 0.170. The molecule has 0 spiro atoms. The number of carbonyl (C=O) groups is 3. The van der Waals surface area contributed by atoms with Gasteiger partial charge in [-0.25, -0.2) is 14.5 Å². The maximum absolute atomic E-state index is 12.9. The Morgan fingerprint density at radius 3 is 2.24 bits per heavy atom. The molecule has 2 heterocycles. The molecular formula is C22H24N4O3. The smallest absolute Gasteiger partial charge is 0.332 e. The average Bonchev–Trinajstić information content (AvgIpc) is 2.94. The van der Waals surface area contributed by atoms with Crippen molar-refractivity contribution in [2.45, 2.75) is 38.8 Å². The van der Waals surface area contributed by atoms with Gasteiger partial charge in [0, 0.05) is 18.3 Å². The topological polar surface area (TPSA) is 81.8 Å². The summed E-state index contributed by atoms with van der Waals surface area (Å²) in [4.78, 5) is 40.9. The number of hydrogen-bond acceptors (Lipinski definition) is 3. The van der Waals surface area contributed by atoms with Crippen molar-refractivity contribution in [3.63, 3.8) is 0 Å². The number of piperidine rings is 1. The van der Waals surface area contributed by atoms with E-state index in [4.69, 9.17) is 0 Å². The van der Waals surface area contributed by atoms with E-state index in [0.717, 1.165) is 11.1 Å². The largest absolute Gasteiger partial charge is 0.335 e. The number of rotatable bonds is 3. The van der Waals surface area contributed by atoms with Gasteiger partial charge in [-0.1, -0.05) is 35.4 Å². The number of benzene rings is 2. The highest BCUT2D eigenvalue weighted by atomic mass is 16.2. The fraction of sp³-hybridized carbons (Fsp3) is 0.318. The van der Waals surface area contributed by atoms with Crippen LogP contribution in [0.1, 0.15) is 24.0 Å². The van der Waals surface area contributed by atoms with Crippen molar-refractivity contribution < 1.29 is 14.4 Å². The van der Waals surface area contributed by atoms with Gasteiger partial charge in [-0.2, -0.15) is 0 Å². The highest BCUT2D eigenvalue weighted by molar-refractivity contribution is 6.21. The molecule has 2 aromatic rings. The molecule has 2 saturated heterocycles. The molecule has 7 heteroatoms. The van der Waals surface area contributed by atoms with Crippen LogP contribution in [-0.2, 0) is 4.79 Å². The molecule has 0 unspecified atom stereocenters. The molecule has 2 aliphatic rings. The Morgan fingerprint density at radius 1 is 0.966 bits per heavy atom. The van der Waals surface area contributed by atoms with Crippen LogP contribution in [0.5, 0.6) is 0 Å². The Hall–Kier alpha value is -3.35. The first kappa shape index (κ1) is 19.0. The number of carbonyl (C=O) groups excluding carboxylic acids is 3. The van der Waals surface area contributed by atoms with Gasteiger partial charge in [-0.05, 0) is 51.0 Å². The first-order valence-electron chi connectivity index (χ1n) is 9.78. The predicted octanol–water partition coefficient (Wildman–Crippen LogP) is 3.42. The molecule has 0 aliphatic carbocycles. The van der Waals surface area contributed by atoms with Crippen LogP contribution in [0.2, 0.25) is 0 Å². The van der Waals surface area contributed by atoms with Gasteiger partial charge in [-0.15, -0.1) is 0 Å². The fourth-order valence-corrected chi connectivity index (χ4v) is 3.85. The monoisotopic (exact) mass is 392 g/mol. The number of urea groups is 2. The summed E-state index contributed by atoms with van der Waals surface area (Å²) in [6, 6.07) is 13.6. The van der Waals surface area contributed by atoms with Gasteiger partial charge in [-0.3, -0.25) is 4.79 Å². The third kappa shape index (κ3) is 3.81. The molecule has 2 aromatic carbocycles. The van der Waals surface area contributed by atoms with E-state index in [1.807, 2.05) is 50.2 Å². The highest BCUT2D eigenvalue weighted by Gasteiger charge is 2.48. The minimum Gasteiger partial charge on any atom is -0.335 e. The van der Waals surface area contributed by atoms with Crippen LogP contribution in [0, 0.1) is 13.8 Å². The first-order valence-corrected chi connectivity index (χ1v) is 9.78. The van der Waals surface area contributed by atoms with E-state index in [2.05, 4.69) is 10.6 Å². The molecule has 4 rings (SSSR count). The lowest BCUT2D eigenvalue weighted by Gasteiger charge is -2.32. The van der Waals surface area contributed by atoms with Crippen molar-refractivity contribution in [2.24, 2.45) is 0 Å². The number of imide groups is 1. The summed E-state index contributed by atoms with van der Waals surface area (Å²) in [7, 11) is 0. The zero-order valence-corrected chi connectivity index (χ0v) is 16.5. The van der Waals surface area contributed by atoms with Crippen molar-refractivity contribution in [2.75, 3.05) is 16.8 Å². The van der Waals surface area contributed by atoms with E-state index < -0.39 is 6.04 Å². The van der Waals surface area contributed by atoms with Gasteiger partial charge >= 0.3 is 12.1 Å². The van der Waals surface area contributed by atoms with Crippen LogP contribution in [0.25, 0.3) is 0 Å². The lowest BCUT2D eigenvalue weighted by atomic mass is 9.98. The molecule has 7 nitrogen and oxygen atoms in total. The maximum Gasteiger partial charge on any atom is 0.332 e. The van der Waals surface area contributed by atoms with E-state index in [1.54, 1.807) is 17.0 Å². The number of aryl methyl sites for hydroxylation is 2. The van der Waals surface area contributed by atoms with Crippen LogP contribution in [0.4, 0.5) is 21.0 Å². The first-order chi connectivity index (χ1) is 13.9. The van der Waals surface area contributed by atoms with E-state index in [0.29, 0.717) is 30.8 Å². The Kier molecular flexibility index (Phi) is 4.96. The lowest BCUT2D eigenvalue weighted by Crippen LogP contribution is -2.50. The fourth-order valence-electron chi connectivity index (χ4n) is 3.85. The third-order valence-electron chi connectivity index (χ3n) is 5.48. The predicted molar refractivity (Wildman–Crippen MR) is 111 cm³/mol. The maximum atomic E-state index is 12.9. The molecule has 0 bridgehead atoms. The highest BCUT2D eigenvalue weighted by Crippen LogP contribution is 2.31. The Bertz CT molecular complexity index is 940. The number of anilines is 2. The Morgan fingerprint density at radius 2 is 1.59 bits per heavy atom. The zero-order chi connectivity index (χ0) is 20.5. The van der Waals surface area contributed by atoms with E-state index in [1.165, 1.54) is 4.90 Å². The normalized spacial score (nSPS) is 21.2. The second-order valence-electron chi connectivity index (χ2n) is 7.69. The van der Waals surface area contributed by atoms with Crippen LogP contribution >= 0.6 is 0 Å². The standard InChI is InChI=1S/C22H24N4O3/c1-14-3-7-16(8-4-14)23-21(28)24-17-11-12-25-19(13-17)20(27)26(22(25)29)18-9-5-15(2)6-10-18/h3-10,17,19H,11-13H2,1-2H3,(H2,23,24,28)/t17-,19-/m0/s1. The van der Waals surface area contributed by atoms with Gasteiger partial charge in [0.1, 0.15) is 6.04 Å². The summed E-state index contributed by atoms with van der Waals surface area (Å²) in [5, 5.41) is 5.74. The molecular weight excluding hydrogens is 368 g/mol. The van der Waals surface area contributed by atoms with Crippen molar-refractivity contribution in [1.82, 2.24) is 10.2 Å². The number of amides is 5. The molecule has 29 heavy (non-hydrogen) atoms. The van der Waals surface area contributed by atoms with Crippen molar-refractivity contribution >= 4 is 29.3 Å². The van der Waals surface area contributed by atoms with E-state index in [9.17, 15) is 14.4 Å². The molecule has 0 saturated carbocycles. The van der Waals surface area contributed by atoms with Gasteiger partial charge in [0.2, 0.25) is 0 Å². The van der Waals surface area contributed by atoms with Gasteiger partial charge in [0.15, 0.2) is 0 Å².